The van der Waals surface area contributed by atoms with Gasteiger partial charge in [-0.2, -0.15) is 0 Å². The molecule has 5 rings (SSSR count). The van der Waals surface area contributed by atoms with Gasteiger partial charge in [0.25, 0.3) is 0 Å². The topological polar surface area (TPSA) is 152 Å². The third kappa shape index (κ3) is 13.6. The number of ether oxygens (including phenoxy) is 4. The molecule has 63 heavy (non-hydrogen) atoms. The first-order chi connectivity index (χ1) is 30.8. The monoisotopic (exact) mass is 876 g/mol. The van der Waals surface area contributed by atoms with E-state index in [4.69, 9.17) is 28.9 Å². The van der Waals surface area contributed by atoms with Crippen LogP contribution in [0, 0.1) is 24.7 Å². The molecular formula is C51H77N3O9. The second kappa shape index (κ2) is 26.9. The van der Waals surface area contributed by atoms with Gasteiger partial charge in [-0.15, -0.1) is 6.58 Å². The van der Waals surface area contributed by atoms with Crippen molar-refractivity contribution in [1.29, 1.82) is 0 Å². The number of nitrogens with zero attached hydrogens (tertiary/aromatic N) is 3. The van der Waals surface area contributed by atoms with Crippen molar-refractivity contribution < 1.29 is 43.9 Å². The quantitative estimate of drug-likeness (QED) is 0.0380. The SMILES string of the molecule is C=CCOC12Oc3ccc(OCc4cccc(C)n4)cc3C3C(CCCCO)C(CCCCO)C=C(C(=NOC)CC1N(CCOCCO)C(=O)CCCCCCCCCCC)C32. The van der Waals surface area contributed by atoms with Crippen LogP contribution in [-0.4, -0.2) is 102 Å². The van der Waals surface area contributed by atoms with Crippen LogP contribution in [0.15, 0.2) is 65.9 Å². The fraction of sp³-hybridized carbons (Fsp3) is 0.667. The maximum atomic E-state index is 14.8. The fourth-order valence-electron chi connectivity index (χ4n) is 10.2. The third-order valence-electron chi connectivity index (χ3n) is 13.1. The highest BCUT2D eigenvalue weighted by Crippen LogP contribution is 2.62. The molecule has 0 spiro atoms. The van der Waals surface area contributed by atoms with Crippen LogP contribution in [0.5, 0.6) is 11.5 Å². The zero-order valence-corrected chi connectivity index (χ0v) is 38.5. The number of carbonyl (C=O) groups is 1. The predicted octanol–water partition coefficient (Wildman–Crippen LogP) is 8.99. The summed E-state index contributed by atoms with van der Waals surface area (Å²) >= 11 is 0. The summed E-state index contributed by atoms with van der Waals surface area (Å²) in [4.78, 5) is 27.0. The van der Waals surface area contributed by atoms with Crippen LogP contribution < -0.4 is 9.47 Å². The lowest BCUT2D eigenvalue weighted by Gasteiger charge is -2.60. The summed E-state index contributed by atoms with van der Waals surface area (Å²) in [5.41, 5.74) is 4.49. The number of pyridine rings is 1. The van der Waals surface area contributed by atoms with Crippen LogP contribution in [0.25, 0.3) is 0 Å². The summed E-state index contributed by atoms with van der Waals surface area (Å²) in [7, 11) is 1.56. The second-order valence-corrected chi connectivity index (χ2v) is 17.5. The summed E-state index contributed by atoms with van der Waals surface area (Å²) in [5, 5.41) is 34.2. The van der Waals surface area contributed by atoms with E-state index >= 15 is 0 Å². The van der Waals surface area contributed by atoms with Gasteiger partial charge in [-0.1, -0.05) is 94.5 Å². The molecule has 1 amide bonds. The molecule has 0 bridgehead atoms. The predicted molar refractivity (Wildman–Crippen MR) is 247 cm³/mol. The number of amides is 1. The molecule has 1 aromatic heterocycles. The van der Waals surface area contributed by atoms with Crippen LogP contribution in [0.3, 0.4) is 0 Å². The van der Waals surface area contributed by atoms with E-state index < -0.39 is 17.7 Å². The van der Waals surface area contributed by atoms with Crippen molar-refractivity contribution in [2.24, 2.45) is 22.9 Å². The van der Waals surface area contributed by atoms with Gasteiger partial charge in [-0.25, -0.2) is 0 Å². The normalized spacial score (nSPS) is 23.0. The molecule has 6 unspecified atom stereocenters. The minimum atomic E-state index is -1.35. The third-order valence-corrected chi connectivity index (χ3v) is 13.1. The molecule has 3 N–H and O–H groups in total. The first-order valence-corrected chi connectivity index (χ1v) is 24.0. The van der Waals surface area contributed by atoms with Crippen molar-refractivity contribution in [2.75, 3.05) is 53.3 Å². The minimum absolute atomic E-state index is 0.00189. The Kier molecular flexibility index (Phi) is 21.4. The van der Waals surface area contributed by atoms with Gasteiger partial charge in [0.2, 0.25) is 11.7 Å². The van der Waals surface area contributed by atoms with Gasteiger partial charge in [0, 0.05) is 49.8 Å². The number of allylic oxidation sites excluding steroid dienone is 1. The zero-order chi connectivity index (χ0) is 44.9. The maximum absolute atomic E-state index is 14.8. The molecule has 6 atom stereocenters. The van der Waals surface area contributed by atoms with E-state index in [0.29, 0.717) is 43.8 Å². The number of carbonyl (C=O) groups excluding carboxylic acids is 1. The largest absolute Gasteiger partial charge is 0.487 e. The number of aliphatic hydroxyl groups is 3. The number of benzene rings is 1. The lowest BCUT2D eigenvalue weighted by Crippen LogP contribution is -2.70. The Bertz CT molecular complexity index is 1750. The number of aliphatic hydroxyl groups excluding tert-OH is 3. The Balaban J connectivity index is 1.61. The van der Waals surface area contributed by atoms with Crippen molar-refractivity contribution >= 4 is 11.6 Å². The molecule has 2 heterocycles. The summed E-state index contributed by atoms with van der Waals surface area (Å²) in [6, 6.07) is 11.3. The Morgan fingerprint density at radius 1 is 0.952 bits per heavy atom. The highest BCUT2D eigenvalue weighted by molar-refractivity contribution is 6.03. The smallest absolute Gasteiger partial charge is 0.239 e. The van der Waals surface area contributed by atoms with Gasteiger partial charge in [-0.05, 0) is 86.8 Å². The van der Waals surface area contributed by atoms with E-state index in [1.54, 1.807) is 13.2 Å². The van der Waals surface area contributed by atoms with Crippen molar-refractivity contribution in [3.63, 3.8) is 0 Å². The number of rotatable bonds is 31. The first kappa shape index (κ1) is 50.2. The van der Waals surface area contributed by atoms with Gasteiger partial charge < -0.3 is 44.0 Å². The van der Waals surface area contributed by atoms with E-state index in [0.717, 1.165) is 73.2 Å². The molecule has 1 saturated carbocycles. The number of hydrogen-bond donors (Lipinski definition) is 3. The average molecular weight is 876 g/mol. The van der Waals surface area contributed by atoms with Crippen LogP contribution in [0.1, 0.15) is 139 Å². The van der Waals surface area contributed by atoms with E-state index in [2.05, 4.69) is 30.6 Å². The minimum Gasteiger partial charge on any atom is -0.487 e. The Hall–Kier alpha value is -3.81. The molecule has 350 valence electrons. The molecule has 1 aromatic carbocycles. The fourth-order valence-corrected chi connectivity index (χ4v) is 10.2. The molecule has 3 aliphatic rings. The molecular weight excluding hydrogens is 799 g/mol. The lowest BCUT2D eigenvalue weighted by molar-refractivity contribution is -0.258. The van der Waals surface area contributed by atoms with Gasteiger partial charge in [0.05, 0.1) is 43.8 Å². The molecule has 2 aromatic rings. The van der Waals surface area contributed by atoms with Crippen molar-refractivity contribution in [3.05, 3.63) is 77.7 Å². The van der Waals surface area contributed by atoms with Crippen molar-refractivity contribution in [1.82, 2.24) is 9.88 Å². The number of hydrogen-bond acceptors (Lipinski definition) is 11. The van der Waals surface area contributed by atoms with E-state index in [1.807, 2.05) is 42.2 Å². The van der Waals surface area contributed by atoms with Gasteiger partial charge in [-0.3, -0.25) is 9.78 Å². The Morgan fingerprint density at radius 2 is 1.70 bits per heavy atom. The number of unbranched alkanes of at least 4 members (excludes halogenated alkanes) is 10. The number of fused-ring (bicyclic) bond motifs is 2. The molecule has 12 heteroatoms. The van der Waals surface area contributed by atoms with E-state index in [9.17, 15) is 20.1 Å². The highest BCUT2D eigenvalue weighted by atomic mass is 16.7. The number of aromatic nitrogens is 1. The molecule has 12 nitrogen and oxygen atoms in total. The van der Waals surface area contributed by atoms with Crippen LogP contribution in [0.4, 0.5) is 0 Å². The zero-order valence-electron chi connectivity index (χ0n) is 38.5. The number of oxime groups is 1. The Labute approximate surface area is 377 Å². The van der Waals surface area contributed by atoms with E-state index in [1.165, 1.54) is 38.5 Å². The van der Waals surface area contributed by atoms with Crippen LogP contribution in [-0.2, 0) is 25.7 Å². The van der Waals surface area contributed by atoms with Crippen molar-refractivity contribution in [2.45, 2.75) is 147 Å². The molecule has 1 aliphatic heterocycles. The molecule has 1 fully saturated rings. The molecule has 0 radical (unpaired) electrons. The summed E-state index contributed by atoms with van der Waals surface area (Å²) in [6.07, 6.45) is 19.8. The van der Waals surface area contributed by atoms with Gasteiger partial charge in [0.15, 0.2) is 0 Å². The van der Waals surface area contributed by atoms with Crippen LogP contribution in [0.2, 0.25) is 0 Å². The van der Waals surface area contributed by atoms with Gasteiger partial charge >= 0.3 is 0 Å². The second-order valence-electron chi connectivity index (χ2n) is 17.5. The average Bonchev–Trinajstić information content (AvgIpc) is 3.28. The Morgan fingerprint density at radius 3 is 2.40 bits per heavy atom. The summed E-state index contributed by atoms with van der Waals surface area (Å²) < 4.78 is 26.8. The standard InChI is InChI=1S/C51H77N3O9/c1-5-7-8-9-10-11-12-13-14-24-48(58)54(27-32-60-33-30-57)47-36-45(53-59-4)43-34-39(21-15-17-28-55)42(23-16-18-29-56)49-44-35-41(61-37-40-22-19-20-38(3)52-40)25-26-46(44)63-51(47,50(43)49)62-31-6-2/h6,19-20,22,25-26,34-35,39,42,47,49-50,55-57H,2,5,7-18,21,23-24,27-33,36-37H2,1,3-4H3. The van der Waals surface area contributed by atoms with Crippen molar-refractivity contribution in [3.8, 4) is 11.5 Å². The first-order valence-electron chi connectivity index (χ1n) is 24.0. The molecule has 0 saturated heterocycles. The highest BCUT2D eigenvalue weighted by Gasteiger charge is 2.65. The lowest BCUT2D eigenvalue weighted by atomic mass is 9.55. The maximum Gasteiger partial charge on any atom is 0.239 e. The molecule has 2 aliphatic carbocycles. The summed E-state index contributed by atoms with van der Waals surface area (Å²) in [5.74, 6) is -0.364. The van der Waals surface area contributed by atoms with Crippen LogP contribution >= 0.6 is 0 Å². The summed E-state index contributed by atoms with van der Waals surface area (Å²) in [6.45, 7) is 9.53. The van der Waals surface area contributed by atoms with E-state index in [-0.39, 0.29) is 69.8 Å². The van der Waals surface area contributed by atoms with Gasteiger partial charge in [0.1, 0.15) is 31.3 Å². The number of aryl methyl sites for hydroxylation is 1.